The minimum atomic E-state index is -5.41. The molecule has 0 N–H and O–H groups in total. The van der Waals surface area contributed by atoms with Crippen LogP contribution in [0.5, 0.6) is 0 Å². The van der Waals surface area contributed by atoms with E-state index in [1.807, 2.05) is 0 Å². The molecule has 3 heteroatoms. The van der Waals surface area contributed by atoms with Crippen LogP contribution in [0.3, 0.4) is 0 Å². The van der Waals surface area contributed by atoms with Crippen LogP contribution in [0.4, 0.5) is 0 Å². The molecule has 0 heterocycles. The summed E-state index contributed by atoms with van der Waals surface area (Å²) in [4.78, 5) is 0. The molecule has 8 rings (SSSR count). The number of allylic oxidation sites excluding steroid dienone is 4. The normalized spacial score (nSPS) is 13.5. The number of rotatable bonds is 12. The van der Waals surface area contributed by atoms with Gasteiger partial charge in [0.1, 0.15) is 0 Å². The number of hydrogen-bond donors (Lipinski definition) is 0. The van der Waals surface area contributed by atoms with Gasteiger partial charge in [-0.1, -0.05) is 0 Å². The molecule has 0 bridgehead atoms. The van der Waals surface area contributed by atoms with E-state index in [-0.39, 0.29) is 35.6 Å². The second-order valence-corrected chi connectivity index (χ2v) is 38.8. The first-order valence-electron chi connectivity index (χ1n) is 22.8. The van der Waals surface area contributed by atoms with E-state index in [0.717, 1.165) is 25.7 Å². The number of unbranched alkanes of at least 4 members (excludes halogenated alkanes) is 2. The Morgan fingerprint density at radius 2 is 1.06 bits per heavy atom. The van der Waals surface area contributed by atoms with Crippen molar-refractivity contribution in [3.8, 4) is 33.4 Å². The maximum atomic E-state index is 6.06. The molecule has 322 valence electrons. The molecule has 0 aromatic heterocycles. The molecule has 2 aliphatic rings. The Morgan fingerprint density at radius 1 is 0.565 bits per heavy atom. The van der Waals surface area contributed by atoms with E-state index in [0.29, 0.717) is 0 Å². The zero-order valence-electron chi connectivity index (χ0n) is 38.5. The van der Waals surface area contributed by atoms with Gasteiger partial charge >= 0.3 is 366 Å². The van der Waals surface area contributed by atoms with E-state index in [1.165, 1.54) is 102 Å². The van der Waals surface area contributed by atoms with Gasteiger partial charge in [0.25, 0.3) is 0 Å². The molecular weight excluding hydrogens is 958 g/mol. The first-order valence-corrected chi connectivity index (χ1v) is 32.6. The Bertz CT molecular complexity index is 2590. The monoisotopic (exact) mass is 1030 g/mol. The molecule has 0 saturated carbocycles. The summed E-state index contributed by atoms with van der Waals surface area (Å²) in [6.45, 7) is 19.0. The number of hydrogen-bond acceptors (Lipinski definition) is 0. The quantitative estimate of drug-likeness (QED) is 0.107. The number of benzene rings is 6. The summed E-state index contributed by atoms with van der Waals surface area (Å²) in [5, 5.41) is 0. The van der Waals surface area contributed by atoms with Gasteiger partial charge in [0.15, 0.2) is 0 Å². The molecule has 0 nitrogen and oxygen atoms in total. The van der Waals surface area contributed by atoms with E-state index < -0.39 is 18.0 Å². The molecule has 0 unspecified atom stereocenters. The fourth-order valence-corrected chi connectivity index (χ4v) is 34.1. The summed E-state index contributed by atoms with van der Waals surface area (Å²) in [6, 6.07) is 50.2. The van der Waals surface area contributed by atoms with Crippen molar-refractivity contribution in [2.24, 2.45) is 0 Å². The van der Waals surface area contributed by atoms with Crippen molar-refractivity contribution < 1.29 is 18.0 Å². The van der Waals surface area contributed by atoms with E-state index in [2.05, 4.69) is 201 Å². The maximum absolute atomic E-state index is 6.06. The summed E-state index contributed by atoms with van der Waals surface area (Å²) in [6.07, 6.45) is 16.0. The average molecular weight is 1030 g/mol. The molecule has 0 amide bonds. The van der Waals surface area contributed by atoms with Gasteiger partial charge in [-0.05, 0) is 0 Å². The Hall–Kier alpha value is -3.88. The Balaban J connectivity index is 0.00000321. The molecule has 0 fully saturated rings. The molecule has 6 aromatic carbocycles. The Kier molecular flexibility index (Phi) is 14.3. The predicted molar refractivity (Wildman–Crippen MR) is 275 cm³/mol. The van der Waals surface area contributed by atoms with Crippen LogP contribution in [-0.4, -0.2) is 4.26 Å². The third-order valence-electron chi connectivity index (χ3n) is 14.0. The minimum absolute atomic E-state index is 0. The van der Waals surface area contributed by atoms with Crippen LogP contribution < -0.4 is 9.96 Å². The first-order chi connectivity index (χ1) is 28.8. The molecule has 0 radical (unpaired) electrons. The standard InChI is InChI=1S/C33H33.2C10H13.C5H5.CH2.2ClH.Hf/c1-32(2,3)30-20-26-24(18-28(30)22-13-9-7-10-14-22)17-25-19-29(23-15-11-8-12-16-23)31(21-27(25)26)33(4,5)6;2*1-2-3-7-10-8-5-4-6-9-10;1-2-4-5-3-1;;;;/h7-16,18,20-21H,17H2,1-6H3;2*5-6,8-9H,2-3,7H2,1H3;1-3H,4H2;1H2;2*1H;. The third kappa shape index (κ3) is 8.32. The van der Waals surface area contributed by atoms with Gasteiger partial charge in [0, 0.05) is 0 Å². The average Bonchev–Trinajstić information content (AvgIpc) is 3.93. The van der Waals surface area contributed by atoms with Gasteiger partial charge in [0.2, 0.25) is 0 Å². The van der Waals surface area contributed by atoms with Crippen LogP contribution >= 0.6 is 24.8 Å². The van der Waals surface area contributed by atoms with Crippen molar-refractivity contribution in [2.75, 3.05) is 0 Å². The van der Waals surface area contributed by atoms with Gasteiger partial charge < -0.3 is 0 Å². The third-order valence-corrected chi connectivity index (χ3v) is 37.9. The van der Waals surface area contributed by atoms with Crippen molar-refractivity contribution in [3.63, 3.8) is 0 Å². The van der Waals surface area contributed by atoms with Crippen molar-refractivity contribution in [3.05, 3.63) is 182 Å². The zero-order chi connectivity index (χ0) is 42.3. The van der Waals surface area contributed by atoms with E-state index in [9.17, 15) is 0 Å². The molecule has 6 aromatic rings. The summed E-state index contributed by atoms with van der Waals surface area (Å²) in [5.74, 6) is 0. The van der Waals surface area contributed by atoms with E-state index >= 15 is 0 Å². The SMILES string of the molecule is Cl.Cl.[CH2]=[Hf]([C]1=CC=CC1)([c]1ccc(CCCC)cc1)([c]1ccc(CCCC)cc1)[c]1c2c(cc(C(C)(C)C)c1-c1ccccc1)-c1cc(C(C)(C)C)c(-c3ccccc3)cc1C2. The second kappa shape index (κ2) is 18.7. The van der Waals surface area contributed by atoms with Gasteiger partial charge in [-0.2, -0.15) is 0 Å². The molecular formula is C59H68Cl2Hf. The fraction of sp³-hybridized carbons (Fsp3) is 0.305. The van der Waals surface area contributed by atoms with Gasteiger partial charge in [-0.15, -0.1) is 24.8 Å². The van der Waals surface area contributed by atoms with Crippen LogP contribution in [0.25, 0.3) is 33.4 Å². The summed E-state index contributed by atoms with van der Waals surface area (Å²) < 4.78 is 12.0. The Labute approximate surface area is 387 Å². The topological polar surface area (TPSA) is 0 Å². The van der Waals surface area contributed by atoms with Crippen LogP contribution in [0.2, 0.25) is 0 Å². The molecule has 0 aliphatic heterocycles. The molecule has 2 aliphatic carbocycles. The molecule has 62 heavy (non-hydrogen) atoms. The van der Waals surface area contributed by atoms with Gasteiger partial charge in [-0.3, -0.25) is 0 Å². The fourth-order valence-electron chi connectivity index (χ4n) is 10.6. The summed E-state index contributed by atoms with van der Waals surface area (Å²) in [7, 11) is 0. The molecule has 0 saturated heterocycles. The first kappa shape index (κ1) is 47.6. The summed E-state index contributed by atoms with van der Waals surface area (Å²) in [5.41, 5.74) is 16.6. The summed E-state index contributed by atoms with van der Waals surface area (Å²) >= 11 is -5.41. The second-order valence-electron chi connectivity index (χ2n) is 20.0. The Morgan fingerprint density at radius 3 is 1.53 bits per heavy atom. The van der Waals surface area contributed by atoms with Crippen molar-refractivity contribution >= 4 is 39.0 Å². The van der Waals surface area contributed by atoms with Crippen LogP contribution in [0.15, 0.2) is 149 Å². The number of halogens is 2. The zero-order valence-corrected chi connectivity index (χ0v) is 43.8. The van der Waals surface area contributed by atoms with Gasteiger partial charge in [0.05, 0.1) is 0 Å². The van der Waals surface area contributed by atoms with Crippen LogP contribution in [0.1, 0.15) is 121 Å². The van der Waals surface area contributed by atoms with E-state index in [1.54, 1.807) is 3.32 Å². The van der Waals surface area contributed by atoms with Crippen molar-refractivity contribution in [1.82, 2.24) is 0 Å². The van der Waals surface area contributed by atoms with E-state index in [4.69, 9.17) is 4.26 Å². The van der Waals surface area contributed by atoms with Gasteiger partial charge in [-0.25, -0.2) is 0 Å². The molecule has 0 atom stereocenters. The van der Waals surface area contributed by atoms with Crippen molar-refractivity contribution in [2.45, 2.75) is 118 Å². The predicted octanol–water partition coefficient (Wildman–Crippen LogP) is 15.0. The number of fused-ring (bicyclic) bond motifs is 3. The van der Waals surface area contributed by atoms with Crippen molar-refractivity contribution in [1.29, 1.82) is 0 Å². The number of aryl methyl sites for hydroxylation is 2. The molecule has 0 spiro atoms. The van der Waals surface area contributed by atoms with Crippen LogP contribution in [0, 0.1) is 0 Å². The van der Waals surface area contributed by atoms with Crippen LogP contribution in [-0.2, 0) is 48.1 Å².